The first-order valence-electron chi connectivity index (χ1n) is 5.01. The van der Waals surface area contributed by atoms with Crippen LogP contribution in [0.1, 0.15) is 18.9 Å². The van der Waals surface area contributed by atoms with Crippen LogP contribution in [0.5, 0.6) is 11.5 Å². The molecule has 1 atom stereocenters. The molecule has 1 rings (SSSR count). The maximum Gasteiger partial charge on any atom is 0.122 e. The van der Waals surface area contributed by atoms with Crippen molar-refractivity contribution in [2.24, 2.45) is 0 Å². The topological polar surface area (TPSA) is 18.5 Å². The van der Waals surface area contributed by atoms with Gasteiger partial charge in [-0.3, -0.25) is 0 Å². The van der Waals surface area contributed by atoms with Crippen molar-refractivity contribution in [3.05, 3.63) is 23.8 Å². The first kappa shape index (κ1) is 12.2. The van der Waals surface area contributed by atoms with Crippen LogP contribution in [-0.2, 0) is 6.42 Å². The van der Waals surface area contributed by atoms with Gasteiger partial charge in [0.1, 0.15) is 11.5 Å². The van der Waals surface area contributed by atoms with E-state index in [1.165, 1.54) is 5.56 Å². The summed E-state index contributed by atoms with van der Waals surface area (Å²) in [5.41, 5.74) is 1.19. The van der Waals surface area contributed by atoms with Crippen LogP contribution >= 0.6 is 11.6 Å². The van der Waals surface area contributed by atoms with Gasteiger partial charge in [0.15, 0.2) is 0 Å². The van der Waals surface area contributed by atoms with Crippen molar-refractivity contribution >= 4 is 11.6 Å². The third-order valence-corrected chi connectivity index (χ3v) is 2.46. The Morgan fingerprint density at radius 3 is 2.07 bits per heavy atom. The van der Waals surface area contributed by atoms with Crippen LogP contribution < -0.4 is 9.47 Å². The van der Waals surface area contributed by atoms with E-state index in [0.717, 1.165) is 24.3 Å². The second kappa shape index (κ2) is 5.86. The van der Waals surface area contributed by atoms with Crippen molar-refractivity contribution in [3.8, 4) is 11.5 Å². The van der Waals surface area contributed by atoms with Crippen molar-refractivity contribution < 1.29 is 9.47 Å². The number of hydrogen-bond donors (Lipinski definition) is 0. The number of ether oxygens (including phenoxy) is 2. The minimum absolute atomic E-state index is 0.196. The number of aryl methyl sites for hydroxylation is 1. The van der Waals surface area contributed by atoms with Crippen LogP contribution in [0.4, 0.5) is 0 Å². The third-order valence-electron chi connectivity index (χ3n) is 2.24. The second-order valence-corrected chi connectivity index (χ2v) is 4.29. The van der Waals surface area contributed by atoms with E-state index in [2.05, 4.69) is 0 Å². The molecule has 0 N–H and O–H groups in total. The van der Waals surface area contributed by atoms with E-state index >= 15 is 0 Å². The molecule has 15 heavy (non-hydrogen) atoms. The summed E-state index contributed by atoms with van der Waals surface area (Å²) in [7, 11) is 3.31. The Hall–Kier alpha value is -0.890. The van der Waals surface area contributed by atoms with Crippen molar-refractivity contribution in [2.75, 3.05) is 14.2 Å². The van der Waals surface area contributed by atoms with Crippen LogP contribution in [0.25, 0.3) is 0 Å². The standard InChI is InChI=1S/C12H17ClO2/c1-9(13)4-5-10-6-11(14-2)8-12(7-10)15-3/h6-9H,4-5H2,1-3H3. The quantitative estimate of drug-likeness (QED) is 0.721. The molecule has 0 amide bonds. The van der Waals surface area contributed by atoms with Gasteiger partial charge in [0.25, 0.3) is 0 Å². The lowest BCUT2D eigenvalue weighted by molar-refractivity contribution is 0.393. The number of rotatable bonds is 5. The SMILES string of the molecule is COc1cc(CCC(C)Cl)cc(OC)c1. The van der Waals surface area contributed by atoms with E-state index in [9.17, 15) is 0 Å². The highest BCUT2D eigenvalue weighted by Crippen LogP contribution is 2.23. The molecule has 0 aliphatic carbocycles. The van der Waals surface area contributed by atoms with Gasteiger partial charge in [0.05, 0.1) is 14.2 Å². The molecule has 3 heteroatoms. The van der Waals surface area contributed by atoms with E-state index in [-0.39, 0.29) is 5.38 Å². The summed E-state index contributed by atoms with van der Waals surface area (Å²) in [6, 6.07) is 5.90. The summed E-state index contributed by atoms with van der Waals surface area (Å²) in [5.74, 6) is 1.65. The van der Waals surface area contributed by atoms with Gasteiger partial charge in [-0.25, -0.2) is 0 Å². The van der Waals surface area contributed by atoms with Crippen molar-refractivity contribution in [1.82, 2.24) is 0 Å². The summed E-state index contributed by atoms with van der Waals surface area (Å²) >= 11 is 5.91. The molecule has 0 bridgehead atoms. The fraction of sp³-hybridized carbons (Fsp3) is 0.500. The van der Waals surface area contributed by atoms with Gasteiger partial charge in [0.2, 0.25) is 0 Å². The molecule has 0 fully saturated rings. The van der Waals surface area contributed by atoms with E-state index in [1.54, 1.807) is 14.2 Å². The van der Waals surface area contributed by atoms with Gasteiger partial charge in [-0.2, -0.15) is 0 Å². The molecule has 0 saturated heterocycles. The number of alkyl halides is 1. The zero-order valence-corrected chi connectivity index (χ0v) is 10.2. The minimum atomic E-state index is 0.196. The molecular weight excluding hydrogens is 212 g/mol. The van der Waals surface area contributed by atoms with Gasteiger partial charge in [-0.15, -0.1) is 11.6 Å². The van der Waals surface area contributed by atoms with Gasteiger partial charge in [-0.1, -0.05) is 0 Å². The molecule has 0 aliphatic rings. The Balaban J connectivity index is 2.77. The molecule has 1 aromatic rings. The first-order chi connectivity index (χ1) is 7.15. The average molecular weight is 229 g/mol. The zero-order chi connectivity index (χ0) is 11.3. The Morgan fingerprint density at radius 2 is 1.67 bits per heavy atom. The Bertz CT molecular complexity index is 288. The highest BCUT2D eigenvalue weighted by Gasteiger charge is 2.03. The lowest BCUT2D eigenvalue weighted by Crippen LogP contribution is -1.96. The van der Waals surface area contributed by atoms with E-state index in [4.69, 9.17) is 21.1 Å². The van der Waals surface area contributed by atoms with Crippen LogP contribution in [0.15, 0.2) is 18.2 Å². The fourth-order valence-electron chi connectivity index (χ4n) is 1.38. The number of benzene rings is 1. The Morgan fingerprint density at radius 1 is 1.13 bits per heavy atom. The number of methoxy groups -OCH3 is 2. The van der Waals surface area contributed by atoms with Crippen LogP contribution in [0.3, 0.4) is 0 Å². The smallest absolute Gasteiger partial charge is 0.122 e. The molecule has 0 aliphatic heterocycles. The fourth-order valence-corrected chi connectivity index (χ4v) is 1.49. The lowest BCUT2D eigenvalue weighted by Gasteiger charge is -2.08. The third kappa shape index (κ3) is 4.00. The predicted molar refractivity (Wildman–Crippen MR) is 63.2 cm³/mol. The highest BCUT2D eigenvalue weighted by atomic mass is 35.5. The first-order valence-corrected chi connectivity index (χ1v) is 5.45. The molecule has 1 unspecified atom stereocenters. The summed E-state index contributed by atoms with van der Waals surface area (Å²) in [5, 5.41) is 0.196. The van der Waals surface area contributed by atoms with Crippen LogP contribution in [0.2, 0.25) is 0 Å². The van der Waals surface area contributed by atoms with Crippen LogP contribution in [0, 0.1) is 0 Å². The monoisotopic (exact) mass is 228 g/mol. The molecule has 0 heterocycles. The molecule has 84 valence electrons. The Kier molecular flexibility index (Phi) is 4.76. The van der Waals surface area contributed by atoms with E-state index < -0.39 is 0 Å². The maximum atomic E-state index is 5.91. The van der Waals surface area contributed by atoms with Gasteiger partial charge in [-0.05, 0) is 37.5 Å². The van der Waals surface area contributed by atoms with Crippen molar-refractivity contribution in [1.29, 1.82) is 0 Å². The van der Waals surface area contributed by atoms with Crippen molar-refractivity contribution in [2.45, 2.75) is 25.1 Å². The average Bonchev–Trinajstić information content (AvgIpc) is 2.25. The number of hydrogen-bond acceptors (Lipinski definition) is 2. The maximum absolute atomic E-state index is 5.91. The van der Waals surface area contributed by atoms with Gasteiger partial charge in [0, 0.05) is 11.4 Å². The highest BCUT2D eigenvalue weighted by molar-refractivity contribution is 6.20. The number of halogens is 1. The summed E-state index contributed by atoms with van der Waals surface area (Å²) in [6.07, 6.45) is 1.90. The minimum Gasteiger partial charge on any atom is -0.497 e. The molecule has 0 spiro atoms. The normalized spacial score (nSPS) is 12.3. The second-order valence-electron chi connectivity index (χ2n) is 3.54. The van der Waals surface area contributed by atoms with E-state index in [0.29, 0.717) is 0 Å². The Labute approximate surface area is 96.2 Å². The summed E-state index contributed by atoms with van der Waals surface area (Å²) in [6.45, 7) is 2.00. The molecule has 0 saturated carbocycles. The zero-order valence-electron chi connectivity index (χ0n) is 9.42. The molecule has 1 aromatic carbocycles. The summed E-state index contributed by atoms with van der Waals surface area (Å²) < 4.78 is 10.4. The largest absolute Gasteiger partial charge is 0.497 e. The van der Waals surface area contributed by atoms with E-state index in [1.807, 2.05) is 25.1 Å². The van der Waals surface area contributed by atoms with Crippen LogP contribution in [-0.4, -0.2) is 19.6 Å². The lowest BCUT2D eigenvalue weighted by atomic mass is 10.1. The van der Waals surface area contributed by atoms with Gasteiger partial charge >= 0.3 is 0 Å². The van der Waals surface area contributed by atoms with Gasteiger partial charge < -0.3 is 9.47 Å². The van der Waals surface area contributed by atoms with Crippen molar-refractivity contribution in [3.63, 3.8) is 0 Å². The molecule has 0 radical (unpaired) electrons. The molecule has 0 aromatic heterocycles. The molecular formula is C12H17ClO2. The molecule has 2 nitrogen and oxygen atoms in total. The predicted octanol–water partition coefficient (Wildman–Crippen LogP) is 3.26. The summed E-state index contributed by atoms with van der Waals surface area (Å²) in [4.78, 5) is 0.